The van der Waals surface area contributed by atoms with Gasteiger partial charge in [-0.1, -0.05) is 6.07 Å². The number of benzene rings is 1. The van der Waals surface area contributed by atoms with Gasteiger partial charge < -0.3 is 21.1 Å². The molecule has 0 atom stereocenters. The van der Waals surface area contributed by atoms with Crippen molar-refractivity contribution < 1.29 is 14.7 Å². The lowest BCUT2D eigenvalue weighted by Gasteiger charge is -2.14. The zero-order valence-corrected chi connectivity index (χ0v) is 21.8. The molecule has 11 heteroatoms. The van der Waals surface area contributed by atoms with Gasteiger partial charge in [-0.15, -0.1) is 5.10 Å². The van der Waals surface area contributed by atoms with E-state index in [-0.39, 0.29) is 23.6 Å². The molecule has 0 fully saturated rings. The summed E-state index contributed by atoms with van der Waals surface area (Å²) in [6, 6.07) is 15.9. The van der Waals surface area contributed by atoms with Crippen molar-refractivity contribution in [3.8, 4) is 28.5 Å². The molecule has 11 nitrogen and oxygen atoms in total. The second-order valence-corrected chi connectivity index (χ2v) is 8.29. The van der Waals surface area contributed by atoms with Crippen LogP contribution in [-0.2, 0) is 0 Å². The number of hydrogen-bond donors (Lipinski definition) is 4. The van der Waals surface area contributed by atoms with Crippen LogP contribution in [0.1, 0.15) is 32.1 Å². The molecular weight excluding hydrogens is 496 g/mol. The number of rotatable bonds is 8. The first-order chi connectivity index (χ1) is 18.9. The molecule has 0 saturated heterocycles. The van der Waals surface area contributed by atoms with E-state index in [2.05, 4.69) is 36.1 Å². The zero-order chi connectivity index (χ0) is 28.2. The first kappa shape index (κ1) is 28.5. The molecule has 4 N–H and O–H groups in total. The molecule has 0 radical (unpaired) electrons. The Labute approximate surface area is 226 Å². The van der Waals surface area contributed by atoms with Gasteiger partial charge in [-0.3, -0.25) is 14.6 Å². The molecule has 39 heavy (non-hydrogen) atoms. The van der Waals surface area contributed by atoms with E-state index in [1.807, 2.05) is 51.4 Å². The fourth-order valence-electron chi connectivity index (χ4n) is 3.53. The third-order valence-corrected chi connectivity index (χ3v) is 5.26. The van der Waals surface area contributed by atoms with Gasteiger partial charge in [0.25, 0.3) is 5.91 Å². The third kappa shape index (κ3) is 7.72. The predicted octanol–water partition coefficient (Wildman–Crippen LogP) is 3.09. The van der Waals surface area contributed by atoms with E-state index in [9.17, 15) is 14.7 Å². The number of pyridine rings is 2. The monoisotopic (exact) mass is 524 g/mol. The molecule has 0 saturated carbocycles. The van der Waals surface area contributed by atoms with Crippen molar-refractivity contribution in [3.63, 3.8) is 0 Å². The van der Waals surface area contributed by atoms with Crippen molar-refractivity contribution in [1.82, 2.24) is 25.5 Å². The number of nitrogens with zero attached hydrogens (tertiary/aromatic N) is 5. The summed E-state index contributed by atoms with van der Waals surface area (Å²) in [7, 11) is 3.75. The van der Waals surface area contributed by atoms with E-state index in [1.54, 1.807) is 24.4 Å². The highest BCUT2D eigenvalue weighted by Gasteiger charge is 2.13. The molecule has 1 aromatic carbocycles. The molecule has 0 aliphatic carbocycles. The van der Waals surface area contributed by atoms with Crippen molar-refractivity contribution in [1.29, 1.82) is 5.26 Å². The zero-order valence-electron chi connectivity index (χ0n) is 21.8. The molecular formula is C28H28N8O3. The van der Waals surface area contributed by atoms with Gasteiger partial charge in [0, 0.05) is 24.0 Å². The predicted molar refractivity (Wildman–Crippen MR) is 148 cm³/mol. The molecule has 3 heterocycles. The van der Waals surface area contributed by atoms with Crippen molar-refractivity contribution >= 4 is 23.7 Å². The number of anilines is 2. The number of aryl methyl sites for hydroxylation is 1. The number of aliphatic hydroxyl groups is 1. The van der Waals surface area contributed by atoms with Crippen molar-refractivity contribution in [2.75, 3.05) is 37.9 Å². The van der Waals surface area contributed by atoms with E-state index in [1.165, 1.54) is 12.3 Å². The minimum absolute atomic E-state index is 0.0292. The van der Waals surface area contributed by atoms with Gasteiger partial charge in [0.2, 0.25) is 0 Å². The summed E-state index contributed by atoms with van der Waals surface area (Å²) in [6.45, 7) is 2.19. The second-order valence-electron chi connectivity index (χ2n) is 8.29. The molecule has 4 rings (SSSR count). The summed E-state index contributed by atoms with van der Waals surface area (Å²) in [4.78, 5) is 32.5. The number of hydrogen-bond acceptors (Lipinski definition) is 10. The standard InChI is InChI=1S/C26H21N7O3.C2H7N/c1-16-2-3-20(31-26(36)24-8-17(13-27)14-30-33-24)12-22(16)19-10-23(32-25(11-19)29-6-7-34)18-4-5-28-21(9-18)15-35;1-3-2/h2-5,8-12,14-15,34H,6-7H2,1H3,(H,29,32)(H,31,36);3H,1-2H3. The van der Waals surface area contributed by atoms with Crippen molar-refractivity contribution in [3.05, 3.63) is 83.4 Å². The van der Waals surface area contributed by atoms with Gasteiger partial charge in [-0.05, 0) is 80.2 Å². The second kappa shape index (κ2) is 14.0. The lowest BCUT2D eigenvalue weighted by molar-refractivity contribution is 0.102. The van der Waals surface area contributed by atoms with E-state index in [0.29, 0.717) is 35.6 Å². The van der Waals surface area contributed by atoms with Crippen LogP contribution in [0.5, 0.6) is 0 Å². The molecule has 0 spiro atoms. The fraction of sp³-hybridized carbons (Fsp3) is 0.179. The maximum atomic E-state index is 12.7. The molecule has 0 aliphatic heterocycles. The summed E-state index contributed by atoms with van der Waals surface area (Å²) >= 11 is 0. The van der Waals surface area contributed by atoms with Gasteiger partial charge in [0.05, 0.1) is 24.1 Å². The molecule has 1 amide bonds. The summed E-state index contributed by atoms with van der Waals surface area (Å²) in [5.74, 6) is 0.0479. The Morgan fingerprint density at radius 3 is 2.62 bits per heavy atom. The minimum atomic E-state index is -0.492. The quantitative estimate of drug-likeness (QED) is 0.252. The van der Waals surface area contributed by atoms with Crippen molar-refractivity contribution in [2.45, 2.75) is 6.92 Å². The molecule has 198 valence electrons. The summed E-state index contributed by atoms with van der Waals surface area (Å²) in [5, 5.41) is 34.4. The third-order valence-electron chi connectivity index (χ3n) is 5.26. The largest absolute Gasteiger partial charge is 0.395 e. The first-order valence-corrected chi connectivity index (χ1v) is 11.9. The number of aromatic nitrogens is 4. The Bertz CT molecular complexity index is 1500. The lowest BCUT2D eigenvalue weighted by Crippen LogP contribution is -2.14. The molecule has 0 bridgehead atoms. The number of aliphatic hydroxyl groups excluding tert-OH is 1. The van der Waals surface area contributed by atoms with Gasteiger partial charge in [0.15, 0.2) is 12.0 Å². The number of carbonyl (C=O) groups excluding carboxylic acids is 2. The number of aldehydes is 1. The lowest BCUT2D eigenvalue weighted by atomic mass is 9.98. The van der Waals surface area contributed by atoms with Crippen LogP contribution in [0.3, 0.4) is 0 Å². The molecule has 0 unspecified atom stereocenters. The molecule has 4 aromatic rings. The number of carbonyl (C=O) groups is 2. The van der Waals surface area contributed by atoms with Crippen LogP contribution < -0.4 is 16.0 Å². The van der Waals surface area contributed by atoms with Crippen LogP contribution in [0.15, 0.2) is 60.9 Å². The first-order valence-electron chi connectivity index (χ1n) is 11.9. The van der Waals surface area contributed by atoms with Gasteiger partial charge in [-0.2, -0.15) is 10.4 Å². The summed E-state index contributed by atoms with van der Waals surface area (Å²) < 4.78 is 0. The van der Waals surface area contributed by atoms with E-state index in [4.69, 9.17) is 5.26 Å². The van der Waals surface area contributed by atoms with Crippen LogP contribution >= 0.6 is 0 Å². The van der Waals surface area contributed by atoms with E-state index in [0.717, 1.165) is 16.7 Å². The van der Waals surface area contributed by atoms with Crippen LogP contribution in [0.25, 0.3) is 22.4 Å². The highest BCUT2D eigenvalue weighted by atomic mass is 16.3. The van der Waals surface area contributed by atoms with Crippen LogP contribution in [0, 0.1) is 18.3 Å². The average Bonchev–Trinajstić information content (AvgIpc) is 2.97. The topological polar surface area (TPSA) is 166 Å². The Balaban J connectivity index is 0.00000134. The Morgan fingerprint density at radius 2 is 1.90 bits per heavy atom. The molecule has 0 aliphatic rings. The van der Waals surface area contributed by atoms with Crippen LogP contribution in [0.2, 0.25) is 0 Å². The Morgan fingerprint density at radius 1 is 1.10 bits per heavy atom. The average molecular weight is 525 g/mol. The maximum Gasteiger partial charge on any atom is 0.276 e. The Kier molecular flexibility index (Phi) is 10.3. The van der Waals surface area contributed by atoms with Gasteiger partial charge in [-0.25, -0.2) is 4.98 Å². The van der Waals surface area contributed by atoms with Crippen molar-refractivity contribution in [2.24, 2.45) is 0 Å². The molecule has 3 aromatic heterocycles. The van der Waals surface area contributed by atoms with Gasteiger partial charge in [0.1, 0.15) is 17.6 Å². The highest BCUT2D eigenvalue weighted by Crippen LogP contribution is 2.32. The summed E-state index contributed by atoms with van der Waals surface area (Å²) in [5.41, 5.74) is 4.99. The SMILES string of the molecule is CNC.Cc1ccc(NC(=O)c2cc(C#N)cnn2)cc1-c1cc(NCCO)nc(-c2ccnc(C=O)c2)c1. The van der Waals surface area contributed by atoms with E-state index >= 15 is 0 Å². The minimum Gasteiger partial charge on any atom is -0.395 e. The number of amides is 1. The normalized spacial score (nSPS) is 10.0. The Hall–Kier alpha value is -5.05. The maximum absolute atomic E-state index is 12.7. The number of nitriles is 1. The smallest absolute Gasteiger partial charge is 0.276 e. The summed E-state index contributed by atoms with van der Waals surface area (Å²) in [6.07, 6.45) is 3.50. The van der Waals surface area contributed by atoms with Gasteiger partial charge >= 0.3 is 0 Å². The fourth-order valence-corrected chi connectivity index (χ4v) is 3.53. The van der Waals surface area contributed by atoms with Crippen LogP contribution in [-0.4, -0.2) is 64.7 Å². The van der Waals surface area contributed by atoms with E-state index < -0.39 is 5.91 Å². The number of nitrogens with one attached hydrogen (secondary N) is 3. The van der Waals surface area contributed by atoms with Crippen LogP contribution in [0.4, 0.5) is 11.5 Å². The highest BCUT2D eigenvalue weighted by molar-refractivity contribution is 6.03.